The van der Waals surface area contributed by atoms with Crippen molar-refractivity contribution in [3.8, 4) is 11.5 Å². The number of likely N-dealkylation sites (tertiary alicyclic amines) is 1. The number of piperidine rings is 1. The zero-order valence-electron chi connectivity index (χ0n) is 22.9. The highest BCUT2D eigenvalue weighted by Crippen LogP contribution is 2.44. The molecular formula is C31H40N2O3S. The summed E-state index contributed by atoms with van der Waals surface area (Å²) in [6, 6.07) is 15.2. The molecule has 198 valence electrons. The van der Waals surface area contributed by atoms with E-state index >= 15 is 0 Å². The van der Waals surface area contributed by atoms with E-state index in [2.05, 4.69) is 61.8 Å². The van der Waals surface area contributed by atoms with Crippen LogP contribution in [0.15, 0.2) is 42.5 Å². The second-order valence-electron chi connectivity index (χ2n) is 11.7. The molecule has 0 bridgehead atoms. The van der Waals surface area contributed by atoms with Gasteiger partial charge in [-0.05, 0) is 80.5 Å². The highest BCUT2D eigenvalue weighted by molar-refractivity contribution is 7.19. The van der Waals surface area contributed by atoms with Gasteiger partial charge in [-0.15, -0.1) is 11.3 Å². The molecule has 3 heterocycles. The van der Waals surface area contributed by atoms with Gasteiger partial charge >= 0.3 is 0 Å². The first-order valence-electron chi connectivity index (χ1n) is 13.4. The van der Waals surface area contributed by atoms with Crippen molar-refractivity contribution < 1.29 is 14.6 Å². The maximum atomic E-state index is 10.8. The van der Waals surface area contributed by atoms with Crippen LogP contribution in [0.5, 0.6) is 11.5 Å². The molecule has 1 aliphatic heterocycles. The van der Waals surface area contributed by atoms with Crippen LogP contribution in [0.1, 0.15) is 62.6 Å². The fourth-order valence-corrected chi connectivity index (χ4v) is 7.29. The van der Waals surface area contributed by atoms with Crippen LogP contribution in [0.4, 0.5) is 0 Å². The molecule has 5 rings (SSSR count). The lowest BCUT2D eigenvalue weighted by Crippen LogP contribution is -2.45. The molecule has 5 nitrogen and oxygen atoms in total. The largest absolute Gasteiger partial charge is 0.496 e. The van der Waals surface area contributed by atoms with Crippen molar-refractivity contribution in [2.24, 2.45) is 0 Å². The first kappa shape index (κ1) is 26.1. The van der Waals surface area contributed by atoms with E-state index in [-0.39, 0.29) is 5.41 Å². The summed E-state index contributed by atoms with van der Waals surface area (Å²) in [6.07, 6.45) is 1.66. The molecule has 0 spiro atoms. The Morgan fingerprint density at radius 2 is 1.95 bits per heavy atom. The average Bonchev–Trinajstić information content (AvgIpc) is 3.46. The quantitative estimate of drug-likeness (QED) is 0.275. The number of aryl methyl sites for hydroxylation is 1. The third-order valence-electron chi connectivity index (χ3n) is 7.74. The molecule has 1 aliphatic rings. The summed E-state index contributed by atoms with van der Waals surface area (Å²) in [5, 5.41) is 13.1. The third kappa shape index (κ3) is 5.38. The lowest BCUT2D eigenvalue weighted by molar-refractivity contribution is 0.0408. The number of ether oxygens (including phenoxy) is 2. The molecule has 0 saturated carbocycles. The number of β-amino-alcohol motifs (C(OH)–C–C–N with tert-alkyl or cyclic N) is 1. The standard InChI is InChI=1S/C31H40N2O3S/c1-19-14-23-26(32-19)8-7-9-28(23)36-18-22(34)17-33-13-12-21(15-20(33)2)29-16-24-27(35-6)11-10-25(30(24)37-29)31(3,4)5/h7-11,14,16,20-22,32,34H,12-13,15,17-18H2,1-6H3/t20-,21+,22-/m0/s1. The van der Waals surface area contributed by atoms with Crippen LogP contribution in [0.25, 0.3) is 21.0 Å². The van der Waals surface area contributed by atoms with Crippen LogP contribution in [-0.2, 0) is 5.41 Å². The Labute approximate surface area is 224 Å². The van der Waals surface area contributed by atoms with E-state index in [9.17, 15) is 5.11 Å². The third-order valence-corrected chi connectivity index (χ3v) is 9.07. The second kappa shape index (κ2) is 10.3. The lowest BCUT2D eigenvalue weighted by atomic mass is 9.86. The summed E-state index contributed by atoms with van der Waals surface area (Å²) >= 11 is 1.94. The minimum atomic E-state index is -0.530. The Kier molecular flexibility index (Phi) is 7.27. The van der Waals surface area contributed by atoms with Crippen molar-refractivity contribution in [2.45, 2.75) is 70.9 Å². The number of H-pyrrole nitrogens is 1. The van der Waals surface area contributed by atoms with E-state index in [4.69, 9.17) is 9.47 Å². The highest BCUT2D eigenvalue weighted by atomic mass is 32.1. The highest BCUT2D eigenvalue weighted by Gasteiger charge is 2.30. The first-order chi connectivity index (χ1) is 17.6. The Morgan fingerprint density at radius 3 is 2.68 bits per heavy atom. The number of aromatic amines is 1. The van der Waals surface area contributed by atoms with Gasteiger partial charge in [0.15, 0.2) is 0 Å². The topological polar surface area (TPSA) is 57.7 Å². The molecule has 1 saturated heterocycles. The number of benzene rings is 2. The second-order valence-corrected chi connectivity index (χ2v) is 12.7. The molecule has 0 radical (unpaired) electrons. The Balaban J connectivity index is 1.23. The lowest BCUT2D eigenvalue weighted by Gasteiger charge is -2.38. The first-order valence-corrected chi connectivity index (χ1v) is 14.2. The number of aromatic nitrogens is 1. The van der Waals surface area contributed by atoms with Crippen LogP contribution < -0.4 is 9.47 Å². The molecule has 0 unspecified atom stereocenters. The van der Waals surface area contributed by atoms with Gasteiger partial charge in [-0.1, -0.05) is 32.9 Å². The van der Waals surface area contributed by atoms with Gasteiger partial charge in [-0.3, -0.25) is 4.90 Å². The predicted molar refractivity (Wildman–Crippen MR) is 155 cm³/mol. The number of nitrogens with one attached hydrogen (secondary N) is 1. The zero-order valence-corrected chi connectivity index (χ0v) is 23.7. The molecule has 4 aromatic rings. The van der Waals surface area contributed by atoms with Crippen molar-refractivity contribution in [2.75, 3.05) is 26.8 Å². The summed E-state index contributed by atoms with van der Waals surface area (Å²) < 4.78 is 13.1. The summed E-state index contributed by atoms with van der Waals surface area (Å²) in [5.74, 6) is 2.32. The number of fused-ring (bicyclic) bond motifs is 2. The van der Waals surface area contributed by atoms with E-state index in [1.165, 1.54) is 20.5 Å². The zero-order chi connectivity index (χ0) is 26.3. The molecule has 2 aromatic carbocycles. The van der Waals surface area contributed by atoms with Crippen molar-refractivity contribution in [3.05, 3.63) is 58.6 Å². The Hall–Kier alpha value is -2.54. The fraction of sp³-hybridized carbons (Fsp3) is 0.484. The maximum absolute atomic E-state index is 10.8. The number of thiophene rings is 1. The number of rotatable bonds is 7. The smallest absolute Gasteiger partial charge is 0.128 e. The van der Waals surface area contributed by atoms with Crippen LogP contribution >= 0.6 is 11.3 Å². The van der Waals surface area contributed by atoms with E-state index < -0.39 is 6.10 Å². The molecule has 37 heavy (non-hydrogen) atoms. The number of aliphatic hydroxyl groups excluding tert-OH is 1. The SMILES string of the molecule is COc1ccc(C(C)(C)C)c2sc([C@@H]3CCN(C[C@H](O)COc4cccc5[nH]c(C)cc45)[C@@H](C)C3)cc12. The normalized spacial score (nSPS) is 20.0. The van der Waals surface area contributed by atoms with Gasteiger partial charge in [0.25, 0.3) is 0 Å². The van der Waals surface area contributed by atoms with Crippen LogP contribution in [0, 0.1) is 6.92 Å². The van der Waals surface area contributed by atoms with E-state index in [1.54, 1.807) is 7.11 Å². The maximum Gasteiger partial charge on any atom is 0.128 e. The van der Waals surface area contributed by atoms with Gasteiger partial charge in [-0.25, -0.2) is 0 Å². The van der Waals surface area contributed by atoms with Gasteiger partial charge in [0, 0.05) is 44.1 Å². The molecule has 3 atom stereocenters. The minimum Gasteiger partial charge on any atom is -0.496 e. The summed E-state index contributed by atoms with van der Waals surface area (Å²) in [5.41, 5.74) is 3.65. The monoisotopic (exact) mass is 520 g/mol. The molecule has 2 aromatic heterocycles. The van der Waals surface area contributed by atoms with Crippen molar-refractivity contribution >= 4 is 32.3 Å². The molecule has 1 fully saturated rings. The Morgan fingerprint density at radius 1 is 1.14 bits per heavy atom. The Bertz CT molecular complexity index is 1380. The molecule has 0 amide bonds. The minimum absolute atomic E-state index is 0.0902. The van der Waals surface area contributed by atoms with Gasteiger partial charge < -0.3 is 19.6 Å². The molecule has 0 aliphatic carbocycles. The van der Waals surface area contributed by atoms with E-state index in [0.29, 0.717) is 25.1 Å². The average molecular weight is 521 g/mol. The van der Waals surface area contributed by atoms with Crippen LogP contribution in [0.3, 0.4) is 0 Å². The van der Waals surface area contributed by atoms with Gasteiger partial charge in [0.05, 0.1) is 7.11 Å². The van der Waals surface area contributed by atoms with Crippen molar-refractivity contribution in [3.63, 3.8) is 0 Å². The van der Waals surface area contributed by atoms with Crippen LogP contribution in [-0.4, -0.2) is 53.9 Å². The van der Waals surface area contributed by atoms with Crippen molar-refractivity contribution in [1.82, 2.24) is 9.88 Å². The van der Waals surface area contributed by atoms with E-state index in [0.717, 1.165) is 47.5 Å². The molecule has 2 N–H and O–H groups in total. The number of aliphatic hydroxyl groups is 1. The number of methoxy groups -OCH3 is 1. The predicted octanol–water partition coefficient (Wildman–Crippen LogP) is 7.00. The van der Waals surface area contributed by atoms with Gasteiger partial charge in [-0.2, -0.15) is 0 Å². The summed E-state index contributed by atoms with van der Waals surface area (Å²) in [6.45, 7) is 13.1. The number of hydrogen-bond acceptors (Lipinski definition) is 5. The van der Waals surface area contributed by atoms with Crippen LogP contribution in [0.2, 0.25) is 0 Å². The van der Waals surface area contributed by atoms with Crippen molar-refractivity contribution in [1.29, 1.82) is 0 Å². The molecular weight excluding hydrogens is 480 g/mol. The fourth-order valence-electron chi connectivity index (χ4n) is 5.74. The van der Waals surface area contributed by atoms with E-state index in [1.807, 2.05) is 36.5 Å². The number of hydrogen-bond donors (Lipinski definition) is 2. The number of nitrogens with zero attached hydrogens (tertiary/aromatic N) is 1. The van der Waals surface area contributed by atoms with Gasteiger partial charge in [0.2, 0.25) is 0 Å². The summed E-state index contributed by atoms with van der Waals surface area (Å²) in [4.78, 5) is 7.21. The van der Waals surface area contributed by atoms with Gasteiger partial charge in [0.1, 0.15) is 24.2 Å². The molecule has 6 heteroatoms. The summed E-state index contributed by atoms with van der Waals surface area (Å²) in [7, 11) is 1.76.